The maximum atomic E-state index is 6.23. The molecule has 0 aliphatic heterocycles. The molecule has 3 aromatic rings. The molecule has 102 valence electrons. The van der Waals surface area contributed by atoms with Gasteiger partial charge in [0.15, 0.2) is 0 Å². The van der Waals surface area contributed by atoms with E-state index in [9.17, 15) is 0 Å². The summed E-state index contributed by atoms with van der Waals surface area (Å²) in [4.78, 5) is 2.22. The second-order valence-corrected chi connectivity index (χ2v) is 9.12. The molecule has 6 heteroatoms. The minimum Gasteiger partial charge on any atom is -0.397 e. The second kappa shape index (κ2) is 5.52. The molecule has 0 spiro atoms. The molecule has 3 rings (SSSR count). The van der Waals surface area contributed by atoms with E-state index in [-0.39, 0.29) is 0 Å². The molecule has 0 fully saturated rings. The van der Waals surface area contributed by atoms with Crippen LogP contribution in [0.25, 0.3) is 20.9 Å². The predicted molar refractivity (Wildman–Crippen MR) is 97.3 cm³/mol. The lowest BCUT2D eigenvalue weighted by molar-refractivity contribution is 1.65. The van der Waals surface area contributed by atoms with Crippen molar-refractivity contribution in [3.05, 3.63) is 44.0 Å². The van der Waals surface area contributed by atoms with Crippen molar-refractivity contribution in [1.29, 1.82) is 0 Å². The van der Waals surface area contributed by atoms with Crippen LogP contribution in [0.5, 0.6) is 0 Å². The molecule has 0 bridgehead atoms. The minimum atomic E-state index is 0.640. The van der Waals surface area contributed by atoms with Crippen LogP contribution in [-0.2, 0) is 0 Å². The Balaban J connectivity index is 2.12. The molecule has 2 heterocycles. The first-order valence-corrected chi connectivity index (χ1v) is 8.97. The van der Waals surface area contributed by atoms with Gasteiger partial charge in [-0.25, -0.2) is 0 Å². The van der Waals surface area contributed by atoms with Gasteiger partial charge in [-0.05, 0) is 56.1 Å². The zero-order valence-corrected chi connectivity index (χ0v) is 15.0. The van der Waals surface area contributed by atoms with Crippen LogP contribution in [0.3, 0.4) is 0 Å². The normalized spacial score (nSPS) is 10.9. The Morgan fingerprint density at radius 1 is 0.650 bits per heavy atom. The van der Waals surface area contributed by atoms with Crippen molar-refractivity contribution in [1.82, 2.24) is 0 Å². The molecule has 0 aliphatic carbocycles. The summed E-state index contributed by atoms with van der Waals surface area (Å²) in [7, 11) is 0. The summed E-state index contributed by atoms with van der Waals surface area (Å²) in [6, 6.07) is 12.2. The minimum absolute atomic E-state index is 0.640. The summed E-state index contributed by atoms with van der Waals surface area (Å²) in [5.74, 6) is 0. The van der Waals surface area contributed by atoms with E-state index in [4.69, 9.17) is 11.5 Å². The van der Waals surface area contributed by atoms with E-state index in [0.29, 0.717) is 11.4 Å². The highest BCUT2D eigenvalue weighted by Crippen LogP contribution is 2.42. The molecular formula is C14H10Br2N2S2. The van der Waals surface area contributed by atoms with Gasteiger partial charge in [0, 0.05) is 20.9 Å². The first-order valence-electron chi connectivity index (χ1n) is 5.75. The third-order valence-electron chi connectivity index (χ3n) is 2.96. The first kappa shape index (κ1) is 14.1. The van der Waals surface area contributed by atoms with Crippen molar-refractivity contribution in [2.24, 2.45) is 0 Å². The summed E-state index contributed by atoms with van der Waals surface area (Å²) in [6.07, 6.45) is 0. The van der Waals surface area contributed by atoms with Crippen molar-refractivity contribution < 1.29 is 0 Å². The van der Waals surface area contributed by atoms with Gasteiger partial charge in [-0.1, -0.05) is 12.1 Å². The van der Waals surface area contributed by atoms with Crippen LogP contribution < -0.4 is 11.5 Å². The highest BCUT2D eigenvalue weighted by Gasteiger charge is 2.13. The predicted octanol–water partition coefficient (Wildman–Crippen LogP) is 5.83. The highest BCUT2D eigenvalue weighted by molar-refractivity contribution is 9.11. The highest BCUT2D eigenvalue weighted by atomic mass is 79.9. The van der Waals surface area contributed by atoms with E-state index >= 15 is 0 Å². The standard InChI is InChI=1S/C14H10Br2N2S2/c15-11-5-3-9(19-11)7-1-2-8(14(18)13(7)17)10-4-6-12(16)20-10/h1-6H,17-18H2. The van der Waals surface area contributed by atoms with Crippen LogP contribution >= 0.6 is 54.5 Å². The van der Waals surface area contributed by atoms with Crippen LogP contribution in [-0.4, -0.2) is 0 Å². The quantitative estimate of drug-likeness (QED) is 0.503. The van der Waals surface area contributed by atoms with Crippen LogP contribution in [0.15, 0.2) is 44.0 Å². The van der Waals surface area contributed by atoms with E-state index in [1.54, 1.807) is 22.7 Å². The molecule has 4 N–H and O–H groups in total. The fraction of sp³-hybridized carbons (Fsp3) is 0. The van der Waals surface area contributed by atoms with Gasteiger partial charge in [0.25, 0.3) is 0 Å². The Morgan fingerprint density at radius 2 is 1.05 bits per heavy atom. The monoisotopic (exact) mass is 428 g/mol. The smallest absolute Gasteiger partial charge is 0.0705 e. The summed E-state index contributed by atoms with van der Waals surface area (Å²) < 4.78 is 2.16. The molecule has 0 amide bonds. The van der Waals surface area contributed by atoms with Crippen LogP contribution in [0.4, 0.5) is 11.4 Å². The van der Waals surface area contributed by atoms with Crippen LogP contribution in [0.1, 0.15) is 0 Å². The zero-order valence-electron chi connectivity index (χ0n) is 10.2. The van der Waals surface area contributed by atoms with Crippen molar-refractivity contribution >= 4 is 65.9 Å². The Morgan fingerprint density at radius 3 is 1.35 bits per heavy atom. The molecule has 0 saturated carbocycles. The lowest BCUT2D eigenvalue weighted by Crippen LogP contribution is -1.98. The number of benzene rings is 1. The summed E-state index contributed by atoms with van der Waals surface area (Å²) >= 11 is 10.2. The number of hydrogen-bond acceptors (Lipinski definition) is 4. The Labute approximate surface area is 141 Å². The number of rotatable bonds is 2. The number of halogens is 2. The average molecular weight is 430 g/mol. The van der Waals surface area contributed by atoms with Crippen LogP contribution in [0, 0.1) is 0 Å². The van der Waals surface area contributed by atoms with E-state index in [1.165, 1.54) is 0 Å². The molecule has 0 saturated heterocycles. The largest absolute Gasteiger partial charge is 0.397 e. The molecule has 2 aromatic heterocycles. The Kier molecular flexibility index (Phi) is 3.90. The van der Waals surface area contributed by atoms with Gasteiger partial charge in [0.1, 0.15) is 0 Å². The number of anilines is 2. The van der Waals surface area contributed by atoms with Crippen molar-refractivity contribution in [2.45, 2.75) is 0 Å². The zero-order chi connectivity index (χ0) is 14.3. The molecule has 0 aliphatic rings. The average Bonchev–Trinajstić information content (AvgIpc) is 3.02. The molecular weight excluding hydrogens is 420 g/mol. The topological polar surface area (TPSA) is 52.0 Å². The lowest BCUT2D eigenvalue weighted by Gasteiger charge is -2.11. The third-order valence-corrected chi connectivity index (χ3v) is 6.28. The van der Waals surface area contributed by atoms with Gasteiger partial charge in [0.2, 0.25) is 0 Å². The third kappa shape index (κ3) is 2.53. The molecule has 0 unspecified atom stereocenters. The summed E-state index contributed by atoms with van der Waals surface area (Å²) in [5.41, 5.74) is 15.7. The Bertz CT molecular complexity index is 712. The summed E-state index contributed by atoms with van der Waals surface area (Å²) in [5, 5.41) is 0. The van der Waals surface area contributed by atoms with Crippen molar-refractivity contribution in [3.8, 4) is 20.9 Å². The lowest BCUT2D eigenvalue weighted by atomic mass is 10.0. The van der Waals surface area contributed by atoms with Gasteiger partial charge in [-0.2, -0.15) is 0 Å². The summed E-state index contributed by atoms with van der Waals surface area (Å²) in [6.45, 7) is 0. The first-order chi connectivity index (χ1) is 9.56. The number of thiophene rings is 2. The maximum absolute atomic E-state index is 6.23. The molecule has 20 heavy (non-hydrogen) atoms. The van der Waals surface area contributed by atoms with E-state index in [0.717, 1.165) is 28.5 Å². The van der Waals surface area contributed by atoms with E-state index in [1.807, 2.05) is 36.4 Å². The van der Waals surface area contributed by atoms with E-state index < -0.39 is 0 Å². The maximum Gasteiger partial charge on any atom is 0.0705 e. The number of hydrogen-bond donors (Lipinski definition) is 2. The fourth-order valence-electron chi connectivity index (χ4n) is 1.98. The Hall–Kier alpha value is -0.820. The van der Waals surface area contributed by atoms with Crippen molar-refractivity contribution in [2.75, 3.05) is 11.5 Å². The van der Waals surface area contributed by atoms with E-state index in [2.05, 4.69) is 31.9 Å². The van der Waals surface area contributed by atoms with Gasteiger partial charge >= 0.3 is 0 Å². The number of nitrogen functional groups attached to an aromatic ring is 2. The molecule has 2 nitrogen and oxygen atoms in total. The van der Waals surface area contributed by atoms with Crippen LogP contribution in [0.2, 0.25) is 0 Å². The fourth-order valence-corrected chi connectivity index (χ4v) is 4.84. The van der Waals surface area contributed by atoms with Gasteiger partial charge in [0.05, 0.1) is 18.9 Å². The number of nitrogens with two attached hydrogens (primary N) is 2. The van der Waals surface area contributed by atoms with Gasteiger partial charge < -0.3 is 11.5 Å². The van der Waals surface area contributed by atoms with Gasteiger partial charge in [-0.15, -0.1) is 22.7 Å². The SMILES string of the molecule is Nc1c(-c2ccc(Br)s2)ccc(-c2ccc(Br)s2)c1N. The van der Waals surface area contributed by atoms with Gasteiger partial charge in [-0.3, -0.25) is 0 Å². The van der Waals surface area contributed by atoms with Crippen molar-refractivity contribution in [3.63, 3.8) is 0 Å². The second-order valence-electron chi connectivity index (χ2n) is 4.20. The molecule has 1 aromatic carbocycles. The molecule has 0 atom stereocenters. The molecule has 0 radical (unpaired) electrons.